The number of hydrogen-bond acceptors (Lipinski definition) is 6. The molecule has 0 aliphatic carbocycles. The van der Waals surface area contributed by atoms with Gasteiger partial charge in [-0.2, -0.15) is 0 Å². The van der Waals surface area contributed by atoms with Crippen LogP contribution in [0.1, 0.15) is 33.1 Å². The minimum absolute atomic E-state index is 0.0694. The molecule has 0 aliphatic rings. The smallest absolute Gasteiger partial charge is 0.320 e. The van der Waals surface area contributed by atoms with E-state index in [0.29, 0.717) is 19.6 Å². The molecule has 0 saturated heterocycles. The summed E-state index contributed by atoms with van der Waals surface area (Å²) >= 11 is 0. The van der Waals surface area contributed by atoms with E-state index in [4.69, 9.17) is 20.4 Å². The molecule has 0 spiro atoms. The van der Waals surface area contributed by atoms with Crippen LogP contribution in [0.25, 0.3) is 0 Å². The average molecular weight is 308 g/mol. The van der Waals surface area contributed by atoms with Crippen molar-refractivity contribution in [2.45, 2.75) is 39.2 Å². The van der Waals surface area contributed by atoms with Gasteiger partial charge in [-0.1, -0.05) is 19.8 Å². The molecule has 0 aromatic carbocycles. The first-order valence-electron chi connectivity index (χ1n) is 7.54. The monoisotopic (exact) mass is 308 g/mol. The molecule has 0 saturated carbocycles. The molecule has 1 atom stereocenters. The van der Waals surface area contributed by atoms with Crippen molar-refractivity contribution in [1.82, 2.24) is 10.2 Å². The molecular formula is C14H32N2O5. The summed E-state index contributed by atoms with van der Waals surface area (Å²) in [5.41, 5.74) is 0. The van der Waals surface area contributed by atoms with Crippen molar-refractivity contribution in [2.24, 2.45) is 0 Å². The van der Waals surface area contributed by atoms with Crippen LogP contribution < -0.4 is 5.32 Å². The minimum atomic E-state index is -0.776. The molecule has 7 heteroatoms. The van der Waals surface area contributed by atoms with Gasteiger partial charge >= 0.3 is 5.97 Å². The Hall–Kier alpha value is -0.730. The van der Waals surface area contributed by atoms with Crippen molar-refractivity contribution < 1.29 is 25.2 Å². The number of aliphatic carboxylic acids is 1. The molecule has 0 radical (unpaired) electrons. The van der Waals surface area contributed by atoms with E-state index >= 15 is 0 Å². The second kappa shape index (κ2) is 17.3. The second-order valence-electron chi connectivity index (χ2n) is 4.73. The van der Waals surface area contributed by atoms with Crippen molar-refractivity contribution >= 4 is 5.97 Å². The topological polar surface area (TPSA) is 113 Å². The van der Waals surface area contributed by atoms with E-state index in [1.165, 1.54) is 12.8 Å². The fraction of sp³-hybridized carbons (Fsp3) is 0.929. The van der Waals surface area contributed by atoms with Gasteiger partial charge in [-0.15, -0.1) is 0 Å². The molecule has 5 N–H and O–H groups in total. The number of hydrogen-bond donors (Lipinski definition) is 5. The van der Waals surface area contributed by atoms with Gasteiger partial charge in [-0.05, 0) is 19.9 Å². The van der Waals surface area contributed by atoms with E-state index in [2.05, 4.69) is 12.2 Å². The Labute approximate surface area is 127 Å². The number of unbranched alkanes of at least 4 members (excludes halogenated alkanes) is 2. The predicted molar refractivity (Wildman–Crippen MR) is 82.3 cm³/mol. The lowest BCUT2D eigenvalue weighted by molar-refractivity contribution is -0.138. The molecule has 0 aromatic rings. The van der Waals surface area contributed by atoms with Crippen molar-refractivity contribution in [1.29, 1.82) is 0 Å². The van der Waals surface area contributed by atoms with E-state index < -0.39 is 12.0 Å². The highest BCUT2D eigenvalue weighted by molar-refractivity contribution is 5.72. The van der Waals surface area contributed by atoms with E-state index in [1.807, 2.05) is 0 Å². The fourth-order valence-electron chi connectivity index (χ4n) is 1.54. The molecule has 0 aliphatic heterocycles. The summed E-state index contributed by atoms with van der Waals surface area (Å²) in [6.45, 7) is 6.35. The SMILES string of the molecule is CCCCCNC(C)C(=O)O.OCCN(CCO)CCO. The third-order valence-corrected chi connectivity index (χ3v) is 2.85. The minimum Gasteiger partial charge on any atom is -0.480 e. The lowest BCUT2D eigenvalue weighted by Crippen LogP contribution is -2.34. The van der Waals surface area contributed by atoms with Crippen LogP contribution in [0, 0.1) is 0 Å². The number of nitrogens with zero attached hydrogens (tertiary/aromatic N) is 1. The molecule has 128 valence electrons. The predicted octanol–water partition coefficient (Wildman–Crippen LogP) is -0.495. The first kappa shape index (κ1) is 22.5. The molecule has 7 nitrogen and oxygen atoms in total. The zero-order valence-electron chi connectivity index (χ0n) is 13.3. The highest BCUT2D eigenvalue weighted by Gasteiger charge is 2.07. The molecule has 0 rings (SSSR count). The summed E-state index contributed by atoms with van der Waals surface area (Å²) in [6, 6.07) is -0.410. The fourth-order valence-corrected chi connectivity index (χ4v) is 1.54. The van der Waals surface area contributed by atoms with Crippen molar-refractivity contribution in [3.8, 4) is 0 Å². The number of carboxylic acid groups (broad SMARTS) is 1. The Morgan fingerprint density at radius 2 is 1.52 bits per heavy atom. The number of rotatable bonds is 12. The van der Waals surface area contributed by atoms with Gasteiger partial charge in [-0.25, -0.2) is 0 Å². The summed E-state index contributed by atoms with van der Waals surface area (Å²) in [6.07, 6.45) is 3.40. The van der Waals surface area contributed by atoms with Gasteiger partial charge < -0.3 is 25.7 Å². The number of aliphatic hydroxyl groups excluding tert-OH is 3. The third-order valence-electron chi connectivity index (χ3n) is 2.85. The quantitative estimate of drug-likeness (QED) is 0.309. The molecule has 21 heavy (non-hydrogen) atoms. The van der Waals surface area contributed by atoms with Gasteiger partial charge in [0.2, 0.25) is 0 Å². The van der Waals surface area contributed by atoms with E-state index in [1.54, 1.807) is 11.8 Å². The first-order chi connectivity index (χ1) is 10.0. The Morgan fingerprint density at radius 3 is 1.86 bits per heavy atom. The Morgan fingerprint density at radius 1 is 1.05 bits per heavy atom. The highest BCUT2D eigenvalue weighted by Crippen LogP contribution is 1.92. The molecule has 0 fully saturated rings. The van der Waals surface area contributed by atoms with Gasteiger partial charge in [0.05, 0.1) is 19.8 Å². The van der Waals surface area contributed by atoms with Crippen LogP contribution in [0.5, 0.6) is 0 Å². The normalized spacial score (nSPS) is 11.9. The van der Waals surface area contributed by atoms with Crippen LogP contribution in [-0.4, -0.2) is 83.3 Å². The van der Waals surface area contributed by atoms with Crippen molar-refractivity contribution in [3.63, 3.8) is 0 Å². The van der Waals surface area contributed by atoms with Crippen LogP contribution in [0.3, 0.4) is 0 Å². The van der Waals surface area contributed by atoms with Crippen molar-refractivity contribution in [3.05, 3.63) is 0 Å². The highest BCUT2D eigenvalue weighted by atomic mass is 16.4. The van der Waals surface area contributed by atoms with Gasteiger partial charge in [0.25, 0.3) is 0 Å². The van der Waals surface area contributed by atoms with Crippen LogP contribution in [0.15, 0.2) is 0 Å². The average Bonchev–Trinajstić information content (AvgIpc) is 2.45. The van der Waals surface area contributed by atoms with Gasteiger partial charge in [0.15, 0.2) is 0 Å². The van der Waals surface area contributed by atoms with E-state index in [0.717, 1.165) is 13.0 Å². The maximum absolute atomic E-state index is 10.3. The van der Waals surface area contributed by atoms with E-state index in [-0.39, 0.29) is 19.8 Å². The first-order valence-corrected chi connectivity index (χ1v) is 7.54. The van der Waals surface area contributed by atoms with Crippen LogP contribution in [0.2, 0.25) is 0 Å². The van der Waals surface area contributed by atoms with Gasteiger partial charge in [0.1, 0.15) is 6.04 Å². The largest absolute Gasteiger partial charge is 0.480 e. The van der Waals surface area contributed by atoms with Crippen LogP contribution >= 0.6 is 0 Å². The summed E-state index contributed by atoms with van der Waals surface area (Å²) in [7, 11) is 0. The molecule has 0 heterocycles. The Kier molecular flexibility index (Phi) is 18.6. The lowest BCUT2D eigenvalue weighted by Gasteiger charge is -2.17. The van der Waals surface area contributed by atoms with Gasteiger partial charge in [0, 0.05) is 19.6 Å². The lowest BCUT2D eigenvalue weighted by atomic mass is 10.2. The Balaban J connectivity index is 0. The molecule has 0 bridgehead atoms. The summed E-state index contributed by atoms with van der Waals surface area (Å²) in [5.74, 6) is -0.776. The summed E-state index contributed by atoms with van der Waals surface area (Å²) in [5, 5.41) is 36.8. The maximum atomic E-state index is 10.3. The second-order valence-corrected chi connectivity index (χ2v) is 4.73. The van der Waals surface area contributed by atoms with Crippen LogP contribution in [-0.2, 0) is 4.79 Å². The molecule has 0 aromatic heterocycles. The molecule has 0 amide bonds. The number of aliphatic hydroxyl groups is 3. The molecular weight excluding hydrogens is 276 g/mol. The maximum Gasteiger partial charge on any atom is 0.320 e. The Bertz CT molecular complexity index is 215. The van der Waals surface area contributed by atoms with E-state index in [9.17, 15) is 4.79 Å². The van der Waals surface area contributed by atoms with Crippen molar-refractivity contribution in [2.75, 3.05) is 46.0 Å². The summed E-state index contributed by atoms with van der Waals surface area (Å²) < 4.78 is 0. The zero-order valence-corrected chi connectivity index (χ0v) is 13.3. The number of nitrogens with one attached hydrogen (secondary N) is 1. The summed E-state index contributed by atoms with van der Waals surface area (Å²) in [4.78, 5) is 12.1. The van der Waals surface area contributed by atoms with Crippen LogP contribution in [0.4, 0.5) is 0 Å². The van der Waals surface area contributed by atoms with Gasteiger partial charge in [-0.3, -0.25) is 9.69 Å². The molecule has 1 unspecified atom stereocenters. The third kappa shape index (κ3) is 17.2. The number of carbonyl (C=O) groups is 1. The zero-order chi connectivity index (χ0) is 16.5. The standard InChI is InChI=1S/C8H17NO2.C6H15NO3/c1-3-4-5-6-9-7(2)8(10)11;8-4-1-7(2-5-9)3-6-10/h7,9H,3-6H2,1-2H3,(H,10,11);8-10H,1-6H2. The number of carboxylic acids is 1.